The van der Waals surface area contributed by atoms with E-state index >= 15 is 0 Å². The van der Waals surface area contributed by atoms with Crippen molar-refractivity contribution in [1.82, 2.24) is 0 Å². The molecule has 1 aliphatic rings. The second-order valence-corrected chi connectivity index (χ2v) is 9.04. The number of benzene rings is 1. The van der Waals surface area contributed by atoms with Crippen LogP contribution in [0.3, 0.4) is 0 Å². The summed E-state index contributed by atoms with van der Waals surface area (Å²) >= 11 is 3.87. The molecule has 1 aliphatic heterocycles. The van der Waals surface area contributed by atoms with E-state index in [0.717, 1.165) is 0 Å². The van der Waals surface area contributed by atoms with Crippen LogP contribution in [-0.4, -0.2) is 10.9 Å². The van der Waals surface area contributed by atoms with Crippen LogP contribution in [0, 0.1) is 0 Å². The Morgan fingerprint density at radius 1 is 1.35 bits per heavy atom. The van der Waals surface area contributed by atoms with Crippen LogP contribution in [0.15, 0.2) is 30.3 Å². The molecular weight excluding hydrogens is 291 g/mol. The molecule has 0 bridgehead atoms. The molecule has 1 saturated heterocycles. The molecule has 0 aromatic heterocycles. The van der Waals surface area contributed by atoms with Gasteiger partial charge in [-0.15, -0.1) is 4.52 Å². The van der Waals surface area contributed by atoms with Gasteiger partial charge in [0.05, 0.1) is 10.00 Å². The molecule has 0 saturated carbocycles. The first kappa shape index (κ1) is 13.8. The third-order valence-electron chi connectivity index (χ3n) is 2.66. The van der Waals surface area contributed by atoms with Gasteiger partial charge in [-0.3, -0.25) is 0 Å². The Morgan fingerprint density at radius 2 is 2.00 bits per heavy atom. The maximum Gasteiger partial charge on any atom is 0.582 e. The molecule has 0 N–H and O–H groups in total. The SMILES string of the molecule is CC1(C)SS[C@H](c2ccccc2)[C@H]1O[P+](=O)S. The Morgan fingerprint density at radius 3 is 2.59 bits per heavy atom. The highest BCUT2D eigenvalue weighted by Gasteiger charge is 2.49. The lowest BCUT2D eigenvalue weighted by Gasteiger charge is -2.22. The maximum atomic E-state index is 11.2. The van der Waals surface area contributed by atoms with Gasteiger partial charge < -0.3 is 0 Å². The molecule has 6 heteroatoms. The van der Waals surface area contributed by atoms with E-state index in [1.807, 2.05) is 18.2 Å². The molecule has 92 valence electrons. The topological polar surface area (TPSA) is 26.3 Å². The zero-order valence-corrected chi connectivity index (χ0v) is 13.0. The maximum absolute atomic E-state index is 11.2. The molecule has 0 radical (unpaired) electrons. The molecule has 1 fully saturated rings. The Bertz CT molecular complexity index is 410. The van der Waals surface area contributed by atoms with Crippen molar-refractivity contribution in [2.75, 3.05) is 0 Å². The molecule has 0 amide bonds. The minimum Gasteiger partial charge on any atom is -0.130 e. The summed E-state index contributed by atoms with van der Waals surface area (Å²) in [5.41, 5.74) is 1.21. The zero-order chi connectivity index (χ0) is 12.5. The summed E-state index contributed by atoms with van der Waals surface area (Å²) in [5.74, 6) is 0. The monoisotopic (exact) mass is 305 g/mol. The average Bonchev–Trinajstić information content (AvgIpc) is 2.56. The van der Waals surface area contributed by atoms with Gasteiger partial charge in [0, 0.05) is 0 Å². The van der Waals surface area contributed by atoms with Gasteiger partial charge in [0.1, 0.15) is 18.4 Å². The summed E-state index contributed by atoms with van der Waals surface area (Å²) in [7, 11) is 1.69. The van der Waals surface area contributed by atoms with Crippen molar-refractivity contribution in [3.63, 3.8) is 0 Å². The molecule has 1 unspecified atom stereocenters. The van der Waals surface area contributed by atoms with Crippen molar-refractivity contribution in [3.05, 3.63) is 35.9 Å². The van der Waals surface area contributed by atoms with Crippen LogP contribution >= 0.6 is 41.1 Å². The lowest BCUT2D eigenvalue weighted by Crippen LogP contribution is -2.32. The normalized spacial score (nSPS) is 28.1. The number of thiol groups is 1. The molecule has 1 heterocycles. The number of hydrogen-bond acceptors (Lipinski definition) is 4. The van der Waals surface area contributed by atoms with Crippen LogP contribution in [0.5, 0.6) is 0 Å². The lowest BCUT2D eigenvalue weighted by atomic mass is 9.98. The van der Waals surface area contributed by atoms with Crippen LogP contribution in [0.4, 0.5) is 0 Å². The Hall–Kier alpha value is 0.330. The highest BCUT2D eigenvalue weighted by molar-refractivity contribution is 8.77. The van der Waals surface area contributed by atoms with Crippen LogP contribution < -0.4 is 0 Å². The quantitative estimate of drug-likeness (QED) is 0.489. The van der Waals surface area contributed by atoms with E-state index in [-0.39, 0.29) is 16.1 Å². The third kappa shape index (κ3) is 3.21. The number of rotatable bonds is 3. The third-order valence-corrected chi connectivity index (χ3v) is 7.03. The summed E-state index contributed by atoms with van der Waals surface area (Å²) in [5, 5.41) is 0.210. The lowest BCUT2D eigenvalue weighted by molar-refractivity contribution is 0.187. The first-order chi connectivity index (χ1) is 8.00. The average molecular weight is 305 g/mol. The predicted octanol–water partition coefficient (Wildman–Crippen LogP) is 4.87. The molecule has 17 heavy (non-hydrogen) atoms. The summed E-state index contributed by atoms with van der Waals surface area (Å²) in [6.45, 7) is 4.23. The van der Waals surface area contributed by atoms with Gasteiger partial charge >= 0.3 is 7.23 Å². The van der Waals surface area contributed by atoms with Crippen LogP contribution in [0.25, 0.3) is 0 Å². The second kappa shape index (κ2) is 5.54. The Kier molecular flexibility index (Phi) is 4.48. The highest BCUT2D eigenvalue weighted by atomic mass is 33.1. The van der Waals surface area contributed by atoms with Crippen LogP contribution in [-0.2, 0) is 9.09 Å². The minimum atomic E-state index is -1.87. The van der Waals surface area contributed by atoms with Gasteiger partial charge in [0.2, 0.25) is 0 Å². The molecular formula is C11H14O2PS3+. The summed E-state index contributed by atoms with van der Waals surface area (Å²) in [6, 6.07) is 10.2. The Labute approximate surface area is 116 Å². The van der Waals surface area contributed by atoms with E-state index in [9.17, 15) is 4.57 Å². The summed E-state index contributed by atoms with van der Waals surface area (Å²) in [4.78, 5) is 0. The molecule has 0 aliphatic carbocycles. The van der Waals surface area contributed by atoms with Crippen LogP contribution in [0.2, 0.25) is 0 Å². The minimum absolute atomic E-state index is 0.0566. The van der Waals surface area contributed by atoms with Gasteiger partial charge in [-0.1, -0.05) is 51.9 Å². The second-order valence-electron chi connectivity index (χ2n) is 4.38. The molecule has 3 atom stereocenters. The molecule has 2 rings (SSSR count). The van der Waals surface area contributed by atoms with Gasteiger partial charge in [-0.05, 0) is 24.0 Å². The van der Waals surface area contributed by atoms with Crippen molar-refractivity contribution in [3.8, 4) is 0 Å². The fourth-order valence-corrected chi connectivity index (χ4v) is 6.29. The fourth-order valence-electron chi connectivity index (χ4n) is 1.79. The molecule has 2 nitrogen and oxygen atoms in total. The number of hydrogen-bond donors (Lipinski definition) is 1. The van der Waals surface area contributed by atoms with Gasteiger partial charge in [-0.2, -0.15) is 0 Å². The zero-order valence-electron chi connectivity index (χ0n) is 9.57. The van der Waals surface area contributed by atoms with Crippen molar-refractivity contribution >= 4 is 41.1 Å². The van der Waals surface area contributed by atoms with Gasteiger partial charge in [0.15, 0.2) is 0 Å². The van der Waals surface area contributed by atoms with E-state index in [2.05, 4.69) is 38.2 Å². The van der Waals surface area contributed by atoms with Crippen molar-refractivity contribution in [1.29, 1.82) is 0 Å². The van der Waals surface area contributed by atoms with Gasteiger partial charge in [0.25, 0.3) is 0 Å². The predicted molar refractivity (Wildman–Crippen MR) is 79.9 cm³/mol. The van der Waals surface area contributed by atoms with E-state index in [1.54, 1.807) is 21.6 Å². The highest BCUT2D eigenvalue weighted by Crippen LogP contribution is 2.60. The summed E-state index contributed by atoms with van der Waals surface area (Å²) in [6.07, 6.45) is -0.0824. The molecule has 0 spiro atoms. The van der Waals surface area contributed by atoms with Crippen molar-refractivity contribution in [2.24, 2.45) is 0 Å². The standard InChI is InChI=1S/C11H13O2PS3/c1-11(2)10(13-14(12)15)9(16-17-11)8-6-4-3-5-7-8/h3-7,9-10H,1-2H3/p+1/t9-,10-/m1/s1. The smallest absolute Gasteiger partial charge is 0.130 e. The van der Waals surface area contributed by atoms with Gasteiger partial charge in [-0.25, -0.2) is 0 Å². The van der Waals surface area contributed by atoms with E-state index in [0.29, 0.717) is 0 Å². The van der Waals surface area contributed by atoms with E-state index in [4.69, 9.17) is 4.52 Å². The Balaban J connectivity index is 2.25. The molecule has 1 aromatic rings. The largest absolute Gasteiger partial charge is 0.582 e. The first-order valence-corrected chi connectivity index (χ1v) is 9.77. The van der Waals surface area contributed by atoms with Crippen molar-refractivity contribution in [2.45, 2.75) is 29.9 Å². The fraction of sp³-hybridized carbons (Fsp3) is 0.455. The molecule has 1 aromatic carbocycles. The van der Waals surface area contributed by atoms with E-state index in [1.165, 1.54) is 5.56 Å². The van der Waals surface area contributed by atoms with Crippen molar-refractivity contribution < 1.29 is 9.09 Å². The van der Waals surface area contributed by atoms with Crippen LogP contribution in [0.1, 0.15) is 24.7 Å². The first-order valence-electron chi connectivity index (χ1n) is 5.23. The summed E-state index contributed by atoms with van der Waals surface area (Å²) < 4.78 is 16.7. The van der Waals surface area contributed by atoms with E-state index < -0.39 is 7.23 Å².